The smallest absolute Gasteiger partial charge is 0.242 e. The minimum absolute atomic E-state index is 0.0266. The Hall–Kier alpha value is -1.45. The van der Waals surface area contributed by atoms with Gasteiger partial charge in [-0.1, -0.05) is 12.1 Å². The van der Waals surface area contributed by atoms with E-state index in [9.17, 15) is 18.0 Å². The molecule has 0 radical (unpaired) electrons. The summed E-state index contributed by atoms with van der Waals surface area (Å²) in [6.07, 6.45) is 4.54. The Morgan fingerprint density at radius 2 is 1.70 bits per heavy atom. The average Bonchev–Trinajstić information content (AvgIpc) is 2.69. The monoisotopic (exact) mass is 539 g/mol. The molecule has 1 aromatic rings. The summed E-state index contributed by atoms with van der Waals surface area (Å²) < 4.78 is 28.9. The van der Waals surface area contributed by atoms with Gasteiger partial charge in [0, 0.05) is 16.6 Å². The lowest BCUT2D eigenvalue weighted by Crippen LogP contribution is -2.65. The highest BCUT2D eigenvalue weighted by atomic mass is 79.9. The first-order valence-corrected chi connectivity index (χ1v) is 14.0. The zero-order chi connectivity index (χ0) is 24.2. The zero-order valence-electron chi connectivity index (χ0n) is 19.7. The molecule has 1 aromatic carbocycles. The van der Waals surface area contributed by atoms with Crippen molar-refractivity contribution in [1.82, 2.24) is 15.4 Å². The highest BCUT2D eigenvalue weighted by molar-refractivity contribution is 9.10. The lowest BCUT2D eigenvalue weighted by Gasteiger charge is -2.59. The first kappa shape index (κ1) is 24.7. The van der Waals surface area contributed by atoms with Gasteiger partial charge in [-0.3, -0.25) is 9.59 Å². The average molecular weight is 541 g/mol. The summed E-state index contributed by atoms with van der Waals surface area (Å²) in [6, 6.07) is 6.62. The lowest BCUT2D eigenvalue weighted by atomic mass is 9.47. The van der Waals surface area contributed by atoms with Gasteiger partial charge in [0.25, 0.3) is 0 Å². The van der Waals surface area contributed by atoms with Crippen molar-refractivity contribution in [3.8, 4) is 0 Å². The Labute approximate surface area is 205 Å². The Balaban J connectivity index is 1.47. The normalized spacial score (nSPS) is 31.0. The maximum atomic E-state index is 13.3. The van der Waals surface area contributed by atoms with Crippen molar-refractivity contribution in [3.63, 3.8) is 0 Å². The van der Waals surface area contributed by atoms with Gasteiger partial charge >= 0.3 is 0 Å². The molecule has 3 N–H and O–H groups in total. The fraction of sp³-hybridized carbons (Fsp3) is 0.667. The topological polar surface area (TPSA) is 104 Å². The molecule has 4 aliphatic rings. The summed E-state index contributed by atoms with van der Waals surface area (Å²) in [7, 11) is -3.90. The van der Waals surface area contributed by atoms with E-state index in [2.05, 4.69) is 31.3 Å². The summed E-state index contributed by atoms with van der Waals surface area (Å²) in [6.45, 7) is 7.14. The van der Waals surface area contributed by atoms with Crippen molar-refractivity contribution in [1.29, 1.82) is 0 Å². The van der Waals surface area contributed by atoms with Gasteiger partial charge in [0.1, 0.15) is 5.54 Å². The van der Waals surface area contributed by atoms with Gasteiger partial charge in [-0.2, -0.15) is 4.72 Å². The summed E-state index contributed by atoms with van der Waals surface area (Å²) in [5.41, 5.74) is -1.64. The van der Waals surface area contributed by atoms with E-state index in [0.717, 1.165) is 32.1 Å². The van der Waals surface area contributed by atoms with Crippen LogP contribution in [0.15, 0.2) is 33.6 Å². The number of carbonyl (C=O) groups excluding carboxylic acids is 2. The van der Waals surface area contributed by atoms with Crippen LogP contribution in [0.3, 0.4) is 0 Å². The van der Waals surface area contributed by atoms with Crippen LogP contribution in [0.2, 0.25) is 0 Å². The molecule has 33 heavy (non-hydrogen) atoms. The fourth-order valence-corrected chi connectivity index (χ4v) is 8.77. The molecule has 4 fully saturated rings. The number of halogens is 1. The third-order valence-electron chi connectivity index (χ3n) is 7.56. The van der Waals surface area contributed by atoms with E-state index in [1.54, 1.807) is 32.0 Å². The van der Waals surface area contributed by atoms with Crippen LogP contribution in [-0.2, 0) is 19.6 Å². The van der Waals surface area contributed by atoms with Crippen LogP contribution in [0.25, 0.3) is 0 Å². The molecule has 4 aliphatic carbocycles. The molecule has 5 rings (SSSR count). The molecule has 7 nitrogen and oxygen atoms in total. The molecule has 0 aliphatic heterocycles. The Kier molecular flexibility index (Phi) is 6.46. The van der Waals surface area contributed by atoms with Gasteiger partial charge < -0.3 is 10.6 Å². The number of hydrogen-bond acceptors (Lipinski definition) is 4. The van der Waals surface area contributed by atoms with E-state index in [4.69, 9.17) is 0 Å². The second-order valence-corrected chi connectivity index (χ2v) is 13.5. The number of carbonyl (C=O) groups is 2. The molecule has 0 heterocycles. The van der Waals surface area contributed by atoms with E-state index in [1.807, 2.05) is 13.8 Å². The SMILES string of the molecule is CC(C)NC(=O)C12CC3CC(C1)C(NC(=O)C(C)(C)NS(=O)(=O)c1ccccc1Br)[C@H](C3)C2. The number of hydrogen-bond donors (Lipinski definition) is 3. The van der Waals surface area contributed by atoms with Gasteiger partial charge in [-0.15, -0.1) is 0 Å². The molecular formula is C24H34BrN3O4S. The molecule has 5 atom stereocenters. The fourth-order valence-electron chi connectivity index (χ4n) is 6.39. The van der Waals surface area contributed by atoms with Crippen molar-refractivity contribution in [2.75, 3.05) is 0 Å². The Bertz CT molecular complexity index is 1040. The van der Waals surface area contributed by atoms with Crippen molar-refractivity contribution in [2.24, 2.45) is 23.2 Å². The minimum atomic E-state index is -3.90. The van der Waals surface area contributed by atoms with Crippen LogP contribution < -0.4 is 15.4 Å². The van der Waals surface area contributed by atoms with E-state index >= 15 is 0 Å². The lowest BCUT2D eigenvalue weighted by molar-refractivity contribution is -0.151. The largest absolute Gasteiger partial charge is 0.353 e. The van der Waals surface area contributed by atoms with Gasteiger partial charge in [0.15, 0.2) is 0 Å². The van der Waals surface area contributed by atoms with Crippen molar-refractivity contribution >= 4 is 37.8 Å². The van der Waals surface area contributed by atoms with Crippen LogP contribution in [0.1, 0.15) is 59.8 Å². The summed E-state index contributed by atoms with van der Waals surface area (Å²) in [5.74, 6) is 0.831. The second-order valence-electron chi connectivity index (χ2n) is 11.0. The second kappa shape index (κ2) is 8.64. The Morgan fingerprint density at radius 3 is 2.27 bits per heavy atom. The standard InChI is InChI=1S/C24H34BrN3O4S/c1-14(2)26-22(30)24-11-15-9-16(12-24)20(17(10-15)13-24)27-21(29)23(3,4)28-33(31,32)19-8-6-5-7-18(19)25/h5-8,14-17,20,28H,9-13H2,1-4H3,(H,26,30)(H,27,29)/t15?,16-,17?,20?,24?/m1/s1. The molecule has 0 spiro atoms. The van der Waals surface area contributed by atoms with Crippen LogP contribution >= 0.6 is 15.9 Å². The maximum absolute atomic E-state index is 13.3. The van der Waals surface area contributed by atoms with Crippen LogP contribution in [0.5, 0.6) is 0 Å². The molecule has 9 heteroatoms. The van der Waals surface area contributed by atoms with E-state index in [-0.39, 0.29) is 46.0 Å². The van der Waals surface area contributed by atoms with Crippen molar-refractivity contribution < 1.29 is 18.0 Å². The first-order chi connectivity index (χ1) is 15.3. The zero-order valence-corrected chi connectivity index (χ0v) is 22.1. The number of amides is 2. The molecule has 182 valence electrons. The van der Waals surface area contributed by atoms with Gasteiger partial charge in [-0.05, 0) is 106 Å². The van der Waals surface area contributed by atoms with Gasteiger partial charge in [-0.25, -0.2) is 8.42 Å². The summed E-state index contributed by atoms with van der Waals surface area (Å²) in [4.78, 5) is 26.4. The number of nitrogens with one attached hydrogen (secondary N) is 3. The van der Waals surface area contributed by atoms with Crippen LogP contribution in [0.4, 0.5) is 0 Å². The summed E-state index contributed by atoms with van der Waals surface area (Å²) >= 11 is 3.28. The molecule has 4 bridgehead atoms. The third-order valence-corrected chi connectivity index (χ3v) is 10.2. The molecule has 4 saturated carbocycles. The van der Waals surface area contributed by atoms with Crippen molar-refractivity contribution in [3.05, 3.63) is 28.7 Å². The van der Waals surface area contributed by atoms with E-state index in [0.29, 0.717) is 10.4 Å². The van der Waals surface area contributed by atoms with Gasteiger partial charge in [0.2, 0.25) is 21.8 Å². The van der Waals surface area contributed by atoms with Crippen LogP contribution in [0, 0.1) is 23.2 Å². The minimum Gasteiger partial charge on any atom is -0.353 e. The highest BCUT2D eigenvalue weighted by Gasteiger charge is 2.59. The molecule has 0 aromatic heterocycles. The number of benzene rings is 1. The summed E-state index contributed by atoms with van der Waals surface area (Å²) in [5, 5.41) is 6.30. The number of sulfonamides is 1. The highest BCUT2D eigenvalue weighted by Crippen LogP contribution is 2.60. The molecule has 2 amide bonds. The van der Waals surface area contributed by atoms with Crippen LogP contribution in [-0.4, -0.2) is 37.9 Å². The third kappa shape index (κ3) is 4.73. The molecule has 4 unspecified atom stereocenters. The quantitative estimate of drug-likeness (QED) is 0.494. The molecular weight excluding hydrogens is 506 g/mol. The molecule has 0 saturated heterocycles. The van der Waals surface area contributed by atoms with Crippen molar-refractivity contribution in [2.45, 2.75) is 82.3 Å². The maximum Gasteiger partial charge on any atom is 0.242 e. The number of rotatable bonds is 7. The predicted molar refractivity (Wildman–Crippen MR) is 130 cm³/mol. The first-order valence-electron chi connectivity index (χ1n) is 11.7. The Morgan fingerprint density at radius 1 is 1.09 bits per heavy atom. The predicted octanol–water partition coefficient (Wildman–Crippen LogP) is 3.34. The van der Waals surface area contributed by atoms with Gasteiger partial charge in [0.05, 0.1) is 10.3 Å². The van der Waals surface area contributed by atoms with E-state index < -0.39 is 15.6 Å². The van der Waals surface area contributed by atoms with E-state index in [1.165, 1.54) is 6.07 Å².